The van der Waals surface area contributed by atoms with Gasteiger partial charge in [0.15, 0.2) is 0 Å². The van der Waals surface area contributed by atoms with Crippen molar-refractivity contribution in [2.75, 3.05) is 17.0 Å². The SMILES string of the molecule is Cc1nc(CCNC(=O)C(C)CS(=O)(=O)Nc2cccc(F)c2)cs1. The maximum absolute atomic E-state index is 13.1. The molecule has 2 N–H and O–H groups in total. The molecule has 0 bridgehead atoms. The number of halogens is 1. The van der Waals surface area contributed by atoms with E-state index in [1.807, 2.05) is 12.3 Å². The van der Waals surface area contributed by atoms with Crippen LogP contribution < -0.4 is 10.0 Å². The van der Waals surface area contributed by atoms with Crippen LogP contribution in [0.4, 0.5) is 10.1 Å². The summed E-state index contributed by atoms with van der Waals surface area (Å²) in [6.07, 6.45) is 0.594. The summed E-state index contributed by atoms with van der Waals surface area (Å²) < 4.78 is 39.6. The molecule has 0 aliphatic heterocycles. The van der Waals surface area contributed by atoms with Crippen LogP contribution in [-0.2, 0) is 21.2 Å². The highest BCUT2D eigenvalue weighted by molar-refractivity contribution is 7.92. The maximum atomic E-state index is 13.1. The Bertz CT molecular complexity index is 837. The lowest BCUT2D eigenvalue weighted by atomic mass is 10.2. The number of rotatable bonds is 8. The van der Waals surface area contributed by atoms with Crippen LogP contribution >= 0.6 is 11.3 Å². The molecule has 1 aromatic carbocycles. The predicted molar refractivity (Wildman–Crippen MR) is 96.5 cm³/mol. The molecule has 0 fully saturated rings. The van der Waals surface area contributed by atoms with Gasteiger partial charge in [0.25, 0.3) is 0 Å². The molecule has 0 aliphatic carbocycles. The van der Waals surface area contributed by atoms with E-state index in [1.54, 1.807) is 11.3 Å². The number of aromatic nitrogens is 1. The lowest BCUT2D eigenvalue weighted by Gasteiger charge is -2.13. The average molecular weight is 385 g/mol. The van der Waals surface area contributed by atoms with E-state index in [-0.39, 0.29) is 17.3 Å². The fourth-order valence-corrected chi connectivity index (χ4v) is 4.22. The van der Waals surface area contributed by atoms with Gasteiger partial charge in [0, 0.05) is 18.3 Å². The van der Waals surface area contributed by atoms with Gasteiger partial charge in [0.1, 0.15) is 5.82 Å². The third-order valence-electron chi connectivity index (χ3n) is 3.36. The van der Waals surface area contributed by atoms with Crippen molar-refractivity contribution < 1.29 is 17.6 Å². The number of sulfonamides is 1. The van der Waals surface area contributed by atoms with Crippen LogP contribution in [0.5, 0.6) is 0 Å². The van der Waals surface area contributed by atoms with Gasteiger partial charge < -0.3 is 5.32 Å². The van der Waals surface area contributed by atoms with Gasteiger partial charge in [-0.3, -0.25) is 9.52 Å². The molecule has 136 valence electrons. The van der Waals surface area contributed by atoms with Gasteiger partial charge in [0.05, 0.1) is 28.1 Å². The van der Waals surface area contributed by atoms with Gasteiger partial charge in [-0.2, -0.15) is 0 Å². The summed E-state index contributed by atoms with van der Waals surface area (Å²) >= 11 is 1.54. The molecule has 0 saturated carbocycles. The molecular formula is C16H20FN3O3S2. The van der Waals surface area contributed by atoms with Crippen LogP contribution in [0.15, 0.2) is 29.6 Å². The normalized spacial score (nSPS) is 12.6. The first-order valence-electron chi connectivity index (χ1n) is 7.70. The standard InChI is InChI=1S/C16H20FN3O3S2/c1-11(16(21)18-7-6-15-9-24-12(2)19-15)10-25(22,23)20-14-5-3-4-13(17)8-14/h3-5,8-9,11,20H,6-7,10H2,1-2H3,(H,18,21). The van der Waals surface area contributed by atoms with E-state index in [0.717, 1.165) is 16.8 Å². The van der Waals surface area contributed by atoms with Crippen LogP contribution in [-0.4, -0.2) is 31.6 Å². The quantitative estimate of drug-likeness (QED) is 0.730. The van der Waals surface area contributed by atoms with Crippen molar-refractivity contribution in [3.05, 3.63) is 46.2 Å². The molecule has 6 nitrogen and oxygen atoms in total. The molecule has 1 aromatic heterocycles. The molecule has 1 heterocycles. The van der Waals surface area contributed by atoms with Gasteiger partial charge in [-0.15, -0.1) is 11.3 Å². The summed E-state index contributed by atoms with van der Waals surface area (Å²) in [7, 11) is -3.76. The minimum atomic E-state index is -3.76. The summed E-state index contributed by atoms with van der Waals surface area (Å²) in [6.45, 7) is 3.84. The predicted octanol–water partition coefficient (Wildman–Crippen LogP) is 2.33. The van der Waals surface area contributed by atoms with E-state index < -0.39 is 21.8 Å². The van der Waals surface area contributed by atoms with Gasteiger partial charge in [0.2, 0.25) is 15.9 Å². The van der Waals surface area contributed by atoms with Gasteiger partial charge in [-0.25, -0.2) is 17.8 Å². The fourth-order valence-electron chi connectivity index (χ4n) is 2.19. The summed E-state index contributed by atoms with van der Waals surface area (Å²) in [4.78, 5) is 16.3. The van der Waals surface area contributed by atoms with Crippen molar-refractivity contribution in [1.82, 2.24) is 10.3 Å². The Morgan fingerprint density at radius 1 is 1.40 bits per heavy atom. The molecule has 1 amide bonds. The highest BCUT2D eigenvalue weighted by atomic mass is 32.2. The molecule has 25 heavy (non-hydrogen) atoms. The topological polar surface area (TPSA) is 88.2 Å². The lowest BCUT2D eigenvalue weighted by Crippen LogP contribution is -2.35. The van der Waals surface area contributed by atoms with E-state index >= 15 is 0 Å². The molecule has 0 spiro atoms. The number of hydrogen-bond acceptors (Lipinski definition) is 5. The zero-order valence-corrected chi connectivity index (χ0v) is 15.6. The number of nitrogens with zero attached hydrogens (tertiary/aromatic N) is 1. The van der Waals surface area contributed by atoms with E-state index in [0.29, 0.717) is 13.0 Å². The summed E-state index contributed by atoms with van der Waals surface area (Å²) in [6, 6.07) is 5.15. The van der Waals surface area contributed by atoms with E-state index in [1.165, 1.54) is 25.1 Å². The molecule has 2 aromatic rings. The first-order valence-corrected chi connectivity index (χ1v) is 10.2. The van der Waals surface area contributed by atoms with Crippen molar-refractivity contribution in [2.45, 2.75) is 20.3 Å². The molecule has 1 unspecified atom stereocenters. The second-order valence-electron chi connectivity index (χ2n) is 5.69. The zero-order valence-electron chi connectivity index (χ0n) is 14.0. The highest BCUT2D eigenvalue weighted by Gasteiger charge is 2.21. The summed E-state index contributed by atoms with van der Waals surface area (Å²) in [5.41, 5.74) is 1.03. The zero-order chi connectivity index (χ0) is 18.4. The molecule has 9 heteroatoms. The third-order valence-corrected chi connectivity index (χ3v) is 5.67. The molecule has 2 rings (SSSR count). The molecule has 0 aliphatic rings. The number of aryl methyl sites for hydroxylation is 1. The number of thiazole rings is 1. The minimum Gasteiger partial charge on any atom is -0.355 e. The first kappa shape index (κ1) is 19.3. The van der Waals surface area contributed by atoms with Crippen LogP contribution in [0.3, 0.4) is 0 Å². The van der Waals surface area contributed by atoms with E-state index in [2.05, 4.69) is 15.0 Å². The molecule has 0 saturated heterocycles. The Balaban J connectivity index is 1.82. The van der Waals surface area contributed by atoms with Gasteiger partial charge in [-0.1, -0.05) is 13.0 Å². The average Bonchev–Trinajstić information content (AvgIpc) is 2.91. The van der Waals surface area contributed by atoms with Gasteiger partial charge in [-0.05, 0) is 25.1 Å². The van der Waals surface area contributed by atoms with Crippen molar-refractivity contribution in [2.24, 2.45) is 5.92 Å². The Labute approximate surface area is 150 Å². The lowest BCUT2D eigenvalue weighted by molar-refractivity contribution is -0.123. The smallest absolute Gasteiger partial charge is 0.233 e. The Morgan fingerprint density at radius 2 is 2.16 bits per heavy atom. The largest absolute Gasteiger partial charge is 0.355 e. The van der Waals surface area contributed by atoms with Gasteiger partial charge >= 0.3 is 0 Å². The van der Waals surface area contributed by atoms with Crippen molar-refractivity contribution in [3.8, 4) is 0 Å². The van der Waals surface area contributed by atoms with E-state index in [4.69, 9.17) is 0 Å². The molecular weight excluding hydrogens is 365 g/mol. The maximum Gasteiger partial charge on any atom is 0.233 e. The van der Waals surface area contributed by atoms with E-state index in [9.17, 15) is 17.6 Å². The monoisotopic (exact) mass is 385 g/mol. The second kappa shape index (κ2) is 8.39. The number of carbonyl (C=O) groups is 1. The number of nitrogens with one attached hydrogen (secondary N) is 2. The highest BCUT2D eigenvalue weighted by Crippen LogP contribution is 2.13. The fraction of sp³-hybridized carbons (Fsp3) is 0.375. The van der Waals surface area contributed by atoms with Crippen LogP contribution in [0.25, 0.3) is 0 Å². The third kappa shape index (κ3) is 6.43. The molecule has 1 atom stereocenters. The number of anilines is 1. The number of benzene rings is 1. The Morgan fingerprint density at radius 3 is 2.80 bits per heavy atom. The van der Waals surface area contributed by atoms with Crippen molar-refractivity contribution >= 4 is 33.0 Å². The summed E-state index contributed by atoms with van der Waals surface area (Å²) in [5.74, 6) is -2.01. The van der Waals surface area contributed by atoms with Crippen molar-refractivity contribution in [3.63, 3.8) is 0 Å². The second-order valence-corrected chi connectivity index (χ2v) is 8.52. The number of carbonyl (C=O) groups excluding carboxylic acids is 1. The molecule has 0 radical (unpaired) electrons. The van der Waals surface area contributed by atoms with Crippen LogP contribution in [0.1, 0.15) is 17.6 Å². The summed E-state index contributed by atoms with van der Waals surface area (Å²) in [5, 5.41) is 5.60. The van der Waals surface area contributed by atoms with Crippen LogP contribution in [0.2, 0.25) is 0 Å². The number of hydrogen-bond donors (Lipinski definition) is 2. The Hall–Kier alpha value is -2.00. The Kier molecular flexibility index (Phi) is 6.49. The van der Waals surface area contributed by atoms with Crippen molar-refractivity contribution in [1.29, 1.82) is 0 Å². The minimum absolute atomic E-state index is 0.131. The first-order chi connectivity index (χ1) is 11.7. The van der Waals surface area contributed by atoms with Crippen LogP contribution in [0, 0.1) is 18.7 Å². The number of amides is 1.